The molecule has 0 unspecified atom stereocenters. The van der Waals surface area contributed by atoms with Crippen LogP contribution in [-0.2, 0) is 4.74 Å². The largest absolute Gasteiger partial charge is 0.478 e. The van der Waals surface area contributed by atoms with Gasteiger partial charge in [-0.3, -0.25) is 0 Å². The molecule has 2 heterocycles. The van der Waals surface area contributed by atoms with Gasteiger partial charge in [-0.25, -0.2) is 9.59 Å². The highest BCUT2D eigenvalue weighted by atomic mass is 35.5. The number of carboxylic acids is 1. The monoisotopic (exact) mass is 426 g/mol. The Labute approximate surface area is 162 Å². The van der Waals surface area contributed by atoms with Crippen LogP contribution in [0.15, 0.2) is 0 Å². The lowest BCUT2D eigenvalue weighted by molar-refractivity contribution is 0.0598. The van der Waals surface area contributed by atoms with Gasteiger partial charge in [0.2, 0.25) is 0 Å². The number of carbonyl (C=O) groups is 2. The van der Waals surface area contributed by atoms with E-state index in [-0.39, 0.29) is 31.7 Å². The zero-order valence-electron chi connectivity index (χ0n) is 13.0. The van der Waals surface area contributed by atoms with Gasteiger partial charge in [-0.2, -0.15) is 0 Å². The lowest BCUT2D eigenvalue weighted by Crippen LogP contribution is -2.07. The number of carbonyl (C=O) groups excluding carboxylic acids is 1. The molecule has 0 bridgehead atoms. The number of nitrogens with zero attached hydrogens (tertiary/aromatic N) is 4. The average Bonchev–Trinajstić information content (AvgIpc) is 2.55. The fourth-order valence-electron chi connectivity index (χ4n) is 1.53. The SMILES string of the molecule is COC(=O)c1c(Cl)nnc(Cl)c1C.Cc1c(Cl)nnc(Cl)c1C(=O)O. The van der Waals surface area contributed by atoms with Crippen molar-refractivity contribution in [2.45, 2.75) is 13.8 Å². The summed E-state index contributed by atoms with van der Waals surface area (Å²) in [6.07, 6.45) is 0. The van der Waals surface area contributed by atoms with E-state index < -0.39 is 11.9 Å². The number of ether oxygens (including phenoxy) is 1. The lowest BCUT2D eigenvalue weighted by Gasteiger charge is -2.04. The van der Waals surface area contributed by atoms with Gasteiger partial charge in [0.05, 0.1) is 7.11 Å². The summed E-state index contributed by atoms with van der Waals surface area (Å²) < 4.78 is 4.50. The van der Waals surface area contributed by atoms with Crippen molar-refractivity contribution in [1.82, 2.24) is 20.4 Å². The molecule has 0 saturated carbocycles. The van der Waals surface area contributed by atoms with Gasteiger partial charge >= 0.3 is 11.9 Å². The number of hydrogen-bond acceptors (Lipinski definition) is 7. The lowest BCUT2D eigenvalue weighted by atomic mass is 10.2. The standard InChI is InChI=1S/C7H6Cl2N2O2.C6H4Cl2N2O2/c1-3-4(7(12)13-2)6(9)11-10-5(3)8;1-2-3(6(11)12)5(8)10-9-4(2)7/h1-2H3;1H3,(H,11,12). The molecule has 2 rings (SSSR count). The number of esters is 1. The number of hydrogen-bond donors (Lipinski definition) is 1. The third-order valence-electron chi connectivity index (χ3n) is 2.84. The van der Waals surface area contributed by atoms with Crippen molar-refractivity contribution < 1.29 is 19.4 Å². The number of carboxylic acid groups (broad SMARTS) is 1. The van der Waals surface area contributed by atoms with Gasteiger partial charge < -0.3 is 9.84 Å². The quantitative estimate of drug-likeness (QED) is 0.721. The molecule has 0 aromatic carbocycles. The molecule has 1 N–H and O–H groups in total. The van der Waals surface area contributed by atoms with E-state index in [1.165, 1.54) is 14.0 Å². The predicted octanol–water partition coefficient (Wildman–Crippen LogP) is 3.67. The molecule has 0 aliphatic heterocycles. The first kappa shape index (κ1) is 21.3. The van der Waals surface area contributed by atoms with Gasteiger partial charge in [-0.05, 0) is 13.8 Å². The summed E-state index contributed by atoms with van der Waals surface area (Å²) in [5, 5.41) is 22.5. The van der Waals surface area contributed by atoms with E-state index in [0.717, 1.165) is 0 Å². The van der Waals surface area contributed by atoms with E-state index in [2.05, 4.69) is 25.1 Å². The zero-order chi connectivity index (χ0) is 19.3. The minimum atomic E-state index is -1.16. The van der Waals surface area contributed by atoms with Crippen LogP contribution in [0, 0.1) is 13.8 Å². The molecule has 0 aliphatic rings. The molecule has 2 aromatic rings. The van der Waals surface area contributed by atoms with E-state index in [1.54, 1.807) is 6.92 Å². The van der Waals surface area contributed by atoms with E-state index in [0.29, 0.717) is 11.1 Å². The molecule has 0 fully saturated rings. The van der Waals surface area contributed by atoms with Gasteiger partial charge in [0.15, 0.2) is 20.6 Å². The summed E-state index contributed by atoms with van der Waals surface area (Å²) in [6, 6.07) is 0. The first-order valence-corrected chi connectivity index (χ1v) is 7.81. The number of halogens is 4. The third kappa shape index (κ3) is 5.12. The van der Waals surface area contributed by atoms with Gasteiger partial charge in [-0.15, -0.1) is 20.4 Å². The van der Waals surface area contributed by atoms with Crippen molar-refractivity contribution in [2.75, 3.05) is 7.11 Å². The first-order chi connectivity index (χ1) is 11.6. The van der Waals surface area contributed by atoms with Crippen LogP contribution in [0.1, 0.15) is 31.8 Å². The van der Waals surface area contributed by atoms with Crippen molar-refractivity contribution in [3.8, 4) is 0 Å². The van der Waals surface area contributed by atoms with E-state index in [4.69, 9.17) is 51.5 Å². The molecule has 8 nitrogen and oxygen atoms in total. The molecule has 0 spiro atoms. The topological polar surface area (TPSA) is 115 Å². The molecule has 0 radical (unpaired) electrons. The van der Waals surface area contributed by atoms with Crippen LogP contribution in [0.2, 0.25) is 20.6 Å². The molecule has 12 heteroatoms. The van der Waals surface area contributed by atoms with Gasteiger partial charge in [0, 0.05) is 11.1 Å². The van der Waals surface area contributed by atoms with E-state index >= 15 is 0 Å². The minimum absolute atomic E-state index is 0.00579. The molecule has 0 saturated heterocycles. The van der Waals surface area contributed by atoms with Crippen LogP contribution in [0.4, 0.5) is 0 Å². The third-order valence-corrected chi connectivity index (χ3v) is 4.08. The highest BCUT2D eigenvalue weighted by Gasteiger charge is 2.18. The number of aromatic nitrogens is 4. The summed E-state index contributed by atoms with van der Waals surface area (Å²) in [5.74, 6) is -1.73. The van der Waals surface area contributed by atoms with Crippen molar-refractivity contribution >= 4 is 58.3 Å². The van der Waals surface area contributed by atoms with Crippen molar-refractivity contribution in [2.24, 2.45) is 0 Å². The van der Waals surface area contributed by atoms with Crippen LogP contribution in [0.5, 0.6) is 0 Å². The van der Waals surface area contributed by atoms with E-state index in [9.17, 15) is 9.59 Å². The summed E-state index contributed by atoms with van der Waals surface area (Å²) in [6.45, 7) is 3.14. The minimum Gasteiger partial charge on any atom is -0.478 e. The van der Waals surface area contributed by atoms with Crippen LogP contribution >= 0.6 is 46.4 Å². The molecule has 25 heavy (non-hydrogen) atoms. The second kappa shape index (κ2) is 9.10. The van der Waals surface area contributed by atoms with Gasteiger partial charge in [0.25, 0.3) is 0 Å². The number of rotatable bonds is 2. The van der Waals surface area contributed by atoms with Crippen LogP contribution in [0.3, 0.4) is 0 Å². The Bertz CT molecular complexity index is 832. The first-order valence-electron chi connectivity index (χ1n) is 6.29. The summed E-state index contributed by atoms with van der Waals surface area (Å²) in [5.41, 5.74) is 0.846. The fourth-order valence-corrected chi connectivity index (χ4v) is 2.31. The second-order valence-electron chi connectivity index (χ2n) is 4.36. The Morgan fingerprint density at radius 2 is 1.16 bits per heavy atom. The summed E-state index contributed by atoms with van der Waals surface area (Å²) in [7, 11) is 1.26. The Morgan fingerprint density at radius 3 is 1.52 bits per heavy atom. The molecule has 0 aliphatic carbocycles. The predicted molar refractivity (Wildman–Crippen MR) is 91.9 cm³/mol. The smallest absolute Gasteiger partial charge is 0.341 e. The van der Waals surface area contributed by atoms with Crippen molar-refractivity contribution in [3.63, 3.8) is 0 Å². The molecular weight excluding hydrogens is 418 g/mol. The Hall–Kier alpha value is -1.74. The fraction of sp³-hybridized carbons (Fsp3) is 0.231. The maximum absolute atomic E-state index is 11.2. The van der Waals surface area contributed by atoms with Gasteiger partial charge in [-0.1, -0.05) is 46.4 Å². The maximum Gasteiger partial charge on any atom is 0.341 e. The number of aromatic carboxylic acids is 1. The molecule has 0 amide bonds. The molecule has 0 atom stereocenters. The Balaban J connectivity index is 0.000000251. The Kier molecular flexibility index (Phi) is 7.75. The van der Waals surface area contributed by atoms with Crippen LogP contribution in [0.25, 0.3) is 0 Å². The molecular formula is C13H10Cl4N4O4. The van der Waals surface area contributed by atoms with Gasteiger partial charge in [0.1, 0.15) is 11.1 Å². The molecule has 134 valence electrons. The van der Waals surface area contributed by atoms with Crippen LogP contribution < -0.4 is 0 Å². The number of methoxy groups -OCH3 is 1. The zero-order valence-corrected chi connectivity index (χ0v) is 16.0. The normalized spacial score (nSPS) is 9.88. The maximum atomic E-state index is 11.2. The summed E-state index contributed by atoms with van der Waals surface area (Å²) in [4.78, 5) is 21.8. The highest BCUT2D eigenvalue weighted by molar-refractivity contribution is 6.35. The average molecular weight is 428 g/mol. The second-order valence-corrected chi connectivity index (χ2v) is 5.79. The van der Waals surface area contributed by atoms with Crippen molar-refractivity contribution in [3.05, 3.63) is 42.9 Å². The van der Waals surface area contributed by atoms with Crippen molar-refractivity contribution in [1.29, 1.82) is 0 Å². The van der Waals surface area contributed by atoms with E-state index in [1.807, 2.05) is 0 Å². The Morgan fingerprint density at radius 1 is 0.800 bits per heavy atom. The molecule has 2 aromatic heterocycles. The summed E-state index contributed by atoms with van der Waals surface area (Å²) >= 11 is 22.3. The van der Waals surface area contributed by atoms with Crippen LogP contribution in [-0.4, -0.2) is 44.5 Å². The highest BCUT2D eigenvalue weighted by Crippen LogP contribution is 2.22.